The molecule has 5 heteroatoms. The Morgan fingerprint density at radius 1 is 0.773 bits per heavy atom. The Bertz CT molecular complexity index is 310. The first-order valence-electron chi connectivity index (χ1n) is 8.09. The summed E-state index contributed by atoms with van der Waals surface area (Å²) < 4.78 is 5.46. The molecular formula is C17H36O5. The summed E-state index contributed by atoms with van der Waals surface area (Å²) in [6.07, 6.45) is -1.07. The van der Waals surface area contributed by atoms with Gasteiger partial charge in [-0.25, -0.2) is 0 Å². The summed E-state index contributed by atoms with van der Waals surface area (Å²) in [5.41, 5.74) is -3.83. The van der Waals surface area contributed by atoms with Gasteiger partial charge in [-0.05, 0) is 40.5 Å². The minimum atomic E-state index is -1.21. The maximum atomic E-state index is 10.4. The predicted molar refractivity (Wildman–Crippen MR) is 87.4 cm³/mol. The predicted octanol–water partition coefficient (Wildman–Crippen LogP) is 2.06. The van der Waals surface area contributed by atoms with Crippen LogP contribution in [0.1, 0.15) is 68.2 Å². The zero-order chi connectivity index (χ0) is 18.0. The van der Waals surface area contributed by atoms with E-state index < -0.39 is 34.4 Å². The van der Waals surface area contributed by atoms with E-state index in [1.54, 1.807) is 41.5 Å². The van der Waals surface area contributed by atoms with Gasteiger partial charge in [0, 0.05) is 10.8 Å². The quantitative estimate of drug-likeness (QED) is 0.488. The molecule has 0 aliphatic carbocycles. The molecule has 5 nitrogen and oxygen atoms in total. The van der Waals surface area contributed by atoms with Gasteiger partial charge in [-0.1, -0.05) is 27.7 Å². The Kier molecular flexibility index (Phi) is 7.07. The van der Waals surface area contributed by atoms with E-state index >= 15 is 0 Å². The lowest BCUT2D eigenvalue weighted by Gasteiger charge is -2.45. The minimum Gasteiger partial charge on any atom is -0.390 e. The summed E-state index contributed by atoms with van der Waals surface area (Å²) in [5, 5.41) is 41.3. The molecule has 0 heterocycles. The van der Waals surface area contributed by atoms with Gasteiger partial charge in [0.25, 0.3) is 0 Å². The summed E-state index contributed by atoms with van der Waals surface area (Å²) in [4.78, 5) is 0. The Morgan fingerprint density at radius 3 is 1.41 bits per heavy atom. The molecule has 0 saturated heterocycles. The molecular weight excluding hydrogens is 284 g/mol. The number of hydrogen-bond acceptors (Lipinski definition) is 5. The van der Waals surface area contributed by atoms with Crippen LogP contribution in [0.15, 0.2) is 0 Å². The fourth-order valence-corrected chi connectivity index (χ4v) is 2.54. The van der Waals surface area contributed by atoms with Crippen LogP contribution in [0.25, 0.3) is 0 Å². The molecule has 0 aromatic heterocycles. The summed E-state index contributed by atoms with van der Waals surface area (Å²) >= 11 is 0. The van der Waals surface area contributed by atoms with Gasteiger partial charge >= 0.3 is 0 Å². The zero-order valence-corrected chi connectivity index (χ0v) is 15.5. The molecule has 0 saturated carbocycles. The highest BCUT2D eigenvalue weighted by Gasteiger charge is 2.47. The van der Waals surface area contributed by atoms with Crippen LogP contribution in [0, 0.1) is 10.8 Å². The van der Waals surface area contributed by atoms with Crippen molar-refractivity contribution in [3.05, 3.63) is 0 Å². The van der Waals surface area contributed by atoms with Crippen LogP contribution in [0.3, 0.4) is 0 Å². The van der Waals surface area contributed by atoms with Gasteiger partial charge in [0.15, 0.2) is 6.29 Å². The number of aliphatic hydroxyl groups is 4. The zero-order valence-electron chi connectivity index (χ0n) is 15.5. The minimum absolute atomic E-state index is 0.110. The van der Waals surface area contributed by atoms with Gasteiger partial charge in [0.2, 0.25) is 0 Å². The molecule has 0 aromatic rings. The SMILES string of the molecule is CCC(C)(C(O)COC(O)C(C)(CC)C(C)(C)O)C(C)(C)O. The van der Waals surface area contributed by atoms with E-state index in [0.29, 0.717) is 12.8 Å². The van der Waals surface area contributed by atoms with Crippen molar-refractivity contribution in [3.8, 4) is 0 Å². The number of aliphatic hydroxyl groups excluding tert-OH is 2. The molecule has 0 aliphatic heterocycles. The van der Waals surface area contributed by atoms with Crippen molar-refractivity contribution in [2.45, 2.75) is 91.8 Å². The fraction of sp³-hybridized carbons (Fsp3) is 1.00. The summed E-state index contributed by atoms with van der Waals surface area (Å²) in [6, 6.07) is 0. The lowest BCUT2D eigenvalue weighted by Crippen LogP contribution is -2.54. The molecule has 134 valence electrons. The van der Waals surface area contributed by atoms with E-state index in [1.165, 1.54) is 0 Å². The highest BCUT2D eigenvalue weighted by atomic mass is 16.6. The van der Waals surface area contributed by atoms with Crippen LogP contribution in [0.4, 0.5) is 0 Å². The maximum Gasteiger partial charge on any atom is 0.162 e. The molecule has 0 rings (SSSR count). The van der Waals surface area contributed by atoms with Crippen LogP contribution in [-0.4, -0.2) is 50.6 Å². The van der Waals surface area contributed by atoms with Gasteiger partial charge in [-0.2, -0.15) is 0 Å². The Balaban J connectivity index is 5.01. The smallest absolute Gasteiger partial charge is 0.162 e. The monoisotopic (exact) mass is 320 g/mol. The number of ether oxygens (including phenoxy) is 1. The standard InChI is InChI=1S/C17H36O5/c1-9-16(7,14(3,4)20)12(18)11-22-13(19)17(8,10-2)15(5,6)21/h12-13,18-21H,9-11H2,1-8H3. The first-order chi connectivity index (χ1) is 9.67. The van der Waals surface area contributed by atoms with Crippen molar-refractivity contribution in [2.24, 2.45) is 10.8 Å². The van der Waals surface area contributed by atoms with Crippen molar-refractivity contribution in [3.63, 3.8) is 0 Å². The largest absolute Gasteiger partial charge is 0.390 e. The fourth-order valence-electron chi connectivity index (χ4n) is 2.54. The van der Waals surface area contributed by atoms with E-state index in [2.05, 4.69) is 0 Å². The van der Waals surface area contributed by atoms with Gasteiger partial charge < -0.3 is 25.2 Å². The molecule has 4 atom stereocenters. The van der Waals surface area contributed by atoms with E-state index in [1.807, 2.05) is 13.8 Å². The third-order valence-corrected chi connectivity index (χ3v) is 5.96. The molecule has 0 aliphatic rings. The molecule has 0 fully saturated rings. The highest BCUT2D eigenvalue weighted by molar-refractivity contribution is 4.95. The van der Waals surface area contributed by atoms with Crippen molar-refractivity contribution < 1.29 is 25.2 Å². The molecule has 0 radical (unpaired) electrons. The van der Waals surface area contributed by atoms with E-state index in [4.69, 9.17) is 4.74 Å². The first kappa shape index (κ1) is 21.8. The van der Waals surface area contributed by atoms with Crippen LogP contribution in [0.2, 0.25) is 0 Å². The normalized spacial score (nSPS) is 21.8. The molecule has 0 spiro atoms. The lowest BCUT2D eigenvalue weighted by molar-refractivity contribution is -0.244. The maximum absolute atomic E-state index is 10.4. The van der Waals surface area contributed by atoms with Crippen LogP contribution >= 0.6 is 0 Å². The Hall–Kier alpha value is -0.200. The van der Waals surface area contributed by atoms with Gasteiger partial charge in [0.05, 0.1) is 23.9 Å². The summed E-state index contributed by atoms with van der Waals surface area (Å²) in [6.45, 7) is 13.8. The second kappa shape index (κ2) is 7.14. The third kappa shape index (κ3) is 4.20. The lowest BCUT2D eigenvalue weighted by atomic mass is 9.69. The van der Waals surface area contributed by atoms with Gasteiger partial charge in [-0.15, -0.1) is 0 Å². The van der Waals surface area contributed by atoms with Gasteiger partial charge in [0.1, 0.15) is 0 Å². The van der Waals surface area contributed by atoms with Crippen LogP contribution in [-0.2, 0) is 4.74 Å². The van der Waals surface area contributed by atoms with E-state index in [0.717, 1.165) is 0 Å². The van der Waals surface area contributed by atoms with Gasteiger partial charge in [-0.3, -0.25) is 0 Å². The number of rotatable bonds is 9. The molecule has 22 heavy (non-hydrogen) atoms. The Labute approximate surface area is 135 Å². The van der Waals surface area contributed by atoms with Crippen molar-refractivity contribution >= 4 is 0 Å². The highest BCUT2D eigenvalue weighted by Crippen LogP contribution is 2.40. The number of hydrogen-bond donors (Lipinski definition) is 4. The second-order valence-corrected chi connectivity index (χ2v) is 7.86. The summed E-state index contributed by atoms with van der Waals surface area (Å²) in [5.74, 6) is 0. The molecule has 0 aromatic carbocycles. The molecule has 4 unspecified atom stereocenters. The second-order valence-electron chi connectivity index (χ2n) is 7.86. The Morgan fingerprint density at radius 2 is 1.14 bits per heavy atom. The van der Waals surface area contributed by atoms with Crippen molar-refractivity contribution in [1.29, 1.82) is 0 Å². The average Bonchev–Trinajstić information content (AvgIpc) is 2.39. The summed E-state index contributed by atoms with van der Waals surface area (Å²) in [7, 11) is 0. The molecule has 4 N–H and O–H groups in total. The van der Waals surface area contributed by atoms with Crippen molar-refractivity contribution in [1.82, 2.24) is 0 Å². The molecule has 0 amide bonds. The van der Waals surface area contributed by atoms with Crippen LogP contribution in [0.5, 0.6) is 0 Å². The average molecular weight is 320 g/mol. The molecule has 0 bridgehead atoms. The van der Waals surface area contributed by atoms with Crippen molar-refractivity contribution in [2.75, 3.05) is 6.61 Å². The van der Waals surface area contributed by atoms with E-state index in [9.17, 15) is 20.4 Å². The van der Waals surface area contributed by atoms with Crippen LogP contribution < -0.4 is 0 Å². The first-order valence-corrected chi connectivity index (χ1v) is 8.09. The van der Waals surface area contributed by atoms with E-state index in [-0.39, 0.29) is 6.61 Å². The third-order valence-electron chi connectivity index (χ3n) is 5.96. The topological polar surface area (TPSA) is 90.2 Å².